The molecule has 0 aliphatic heterocycles. The van der Waals surface area contributed by atoms with E-state index in [4.69, 9.17) is 0 Å². The maximum absolute atomic E-state index is 11.0. The summed E-state index contributed by atoms with van der Waals surface area (Å²) in [6.07, 6.45) is 3.08. The SMILES string of the molecule is CC(=O)CCc1ncc(-c2c(C)cc(C)cc2C)[nH]1. The van der Waals surface area contributed by atoms with Gasteiger partial charge < -0.3 is 9.78 Å². The number of rotatable bonds is 4. The number of aryl methyl sites for hydroxylation is 4. The van der Waals surface area contributed by atoms with Crippen molar-refractivity contribution in [2.45, 2.75) is 40.5 Å². The van der Waals surface area contributed by atoms with Gasteiger partial charge in [0.1, 0.15) is 11.6 Å². The van der Waals surface area contributed by atoms with Gasteiger partial charge in [-0.2, -0.15) is 0 Å². The van der Waals surface area contributed by atoms with Crippen LogP contribution < -0.4 is 0 Å². The lowest BCUT2D eigenvalue weighted by Crippen LogP contribution is -1.96. The molecule has 2 rings (SSSR count). The van der Waals surface area contributed by atoms with Crippen molar-refractivity contribution in [3.63, 3.8) is 0 Å². The van der Waals surface area contributed by atoms with Gasteiger partial charge in [0.05, 0.1) is 11.9 Å². The van der Waals surface area contributed by atoms with Crippen LogP contribution in [0.3, 0.4) is 0 Å². The van der Waals surface area contributed by atoms with E-state index in [0.717, 1.165) is 11.5 Å². The molecule has 1 N–H and O–H groups in total. The number of Topliss-reactive ketones (excluding diaryl/α,β-unsaturated/α-hetero) is 1. The van der Waals surface area contributed by atoms with E-state index >= 15 is 0 Å². The molecule has 0 bridgehead atoms. The molecule has 0 fully saturated rings. The Hall–Kier alpha value is -1.90. The minimum Gasteiger partial charge on any atom is -0.342 e. The zero-order valence-electron chi connectivity index (χ0n) is 12.0. The van der Waals surface area contributed by atoms with Crippen molar-refractivity contribution >= 4 is 5.78 Å². The number of aromatic amines is 1. The maximum atomic E-state index is 11.0. The average Bonchev–Trinajstić information content (AvgIpc) is 2.73. The molecule has 0 saturated carbocycles. The Morgan fingerprint density at radius 2 is 1.84 bits per heavy atom. The number of nitrogens with zero attached hydrogens (tertiary/aromatic N) is 1. The van der Waals surface area contributed by atoms with Crippen molar-refractivity contribution in [2.75, 3.05) is 0 Å². The first-order chi connectivity index (χ1) is 8.97. The molecule has 3 nitrogen and oxygen atoms in total. The van der Waals surface area contributed by atoms with Crippen molar-refractivity contribution in [2.24, 2.45) is 0 Å². The highest BCUT2D eigenvalue weighted by molar-refractivity contribution is 5.75. The highest BCUT2D eigenvalue weighted by Crippen LogP contribution is 2.27. The van der Waals surface area contributed by atoms with Crippen LogP contribution in [0.4, 0.5) is 0 Å². The number of ketones is 1. The number of H-pyrrole nitrogens is 1. The van der Waals surface area contributed by atoms with Gasteiger partial charge in [-0.25, -0.2) is 4.98 Å². The fraction of sp³-hybridized carbons (Fsp3) is 0.375. The van der Waals surface area contributed by atoms with Crippen LogP contribution in [-0.2, 0) is 11.2 Å². The highest BCUT2D eigenvalue weighted by Gasteiger charge is 2.10. The molecular formula is C16H20N2O. The van der Waals surface area contributed by atoms with E-state index in [1.165, 1.54) is 22.3 Å². The number of benzene rings is 1. The Labute approximate surface area is 114 Å². The number of hydrogen-bond acceptors (Lipinski definition) is 2. The van der Waals surface area contributed by atoms with E-state index in [9.17, 15) is 4.79 Å². The minimum atomic E-state index is 0.195. The van der Waals surface area contributed by atoms with Gasteiger partial charge in [0.25, 0.3) is 0 Å². The van der Waals surface area contributed by atoms with Gasteiger partial charge in [-0.15, -0.1) is 0 Å². The third-order valence-corrected chi connectivity index (χ3v) is 3.29. The minimum absolute atomic E-state index is 0.195. The monoisotopic (exact) mass is 256 g/mol. The molecule has 100 valence electrons. The fourth-order valence-electron chi connectivity index (χ4n) is 2.52. The van der Waals surface area contributed by atoms with Gasteiger partial charge in [-0.05, 0) is 38.8 Å². The van der Waals surface area contributed by atoms with Gasteiger partial charge in [0, 0.05) is 18.4 Å². The Bertz CT molecular complexity index is 588. The molecule has 0 unspecified atom stereocenters. The third kappa shape index (κ3) is 3.11. The summed E-state index contributed by atoms with van der Waals surface area (Å²) in [6.45, 7) is 7.95. The zero-order valence-corrected chi connectivity index (χ0v) is 12.0. The van der Waals surface area contributed by atoms with Crippen molar-refractivity contribution in [1.29, 1.82) is 0 Å². The Balaban J connectivity index is 2.30. The van der Waals surface area contributed by atoms with Gasteiger partial charge in [0.2, 0.25) is 0 Å². The summed E-state index contributed by atoms with van der Waals surface area (Å²) in [6, 6.07) is 4.36. The first-order valence-electron chi connectivity index (χ1n) is 6.59. The van der Waals surface area contributed by atoms with Crippen LogP contribution in [0.25, 0.3) is 11.3 Å². The van der Waals surface area contributed by atoms with Gasteiger partial charge in [0.15, 0.2) is 0 Å². The number of hydrogen-bond donors (Lipinski definition) is 1. The topological polar surface area (TPSA) is 45.8 Å². The van der Waals surface area contributed by atoms with Gasteiger partial charge in [-0.1, -0.05) is 17.7 Å². The van der Waals surface area contributed by atoms with E-state index in [1.807, 2.05) is 6.20 Å². The van der Waals surface area contributed by atoms with Crippen LogP contribution in [0, 0.1) is 20.8 Å². The van der Waals surface area contributed by atoms with E-state index in [0.29, 0.717) is 12.8 Å². The third-order valence-electron chi connectivity index (χ3n) is 3.29. The lowest BCUT2D eigenvalue weighted by Gasteiger charge is -2.09. The molecule has 0 radical (unpaired) electrons. The van der Waals surface area contributed by atoms with E-state index in [1.54, 1.807) is 6.92 Å². The average molecular weight is 256 g/mol. The van der Waals surface area contributed by atoms with E-state index in [2.05, 4.69) is 42.9 Å². The van der Waals surface area contributed by atoms with Crippen molar-refractivity contribution < 1.29 is 4.79 Å². The molecule has 2 aromatic rings. The van der Waals surface area contributed by atoms with Gasteiger partial charge in [-0.3, -0.25) is 0 Å². The zero-order chi connectivity index (χ0) is 14.0. The summed E-state index contributed by atoms with van der Waals surface area (Å²) in [5, 5.41) is 0. The quantitative estimate of drug-likeness (QED) is 0.909. The Kier molecular flexibility index (Phi) is 3.84. The lowest BCUT2D eigenvalue weighted by atomic mass is 9.98. The molecule has 3 heteroatoms. The summed E-state index contributed by atoms with van der Waals surface area (Å²) in [5.41, 5.74) is 6.02. The highest BCUT2D eigenvalue weighted by atomic mass is 16.1. The number of imidazole rings is 1. The summed E-state index contributed by atoms with van der Waals surface area (Å²) >= 11 is 0. The molecule has 0 saturated heterocycles. The second kappa shape index (κ2) is 5.39. The number of carbonyl (C=O) groups is 1. The summed E-state index contributed by atoms with van der Waals surface area (Å²) in [4.78, 5) is 18.7. The van der Waals surface area contributed by atoms with Crippen molar-refractivity contribution in [1.82, 2.24) is 9.97 Å². The second-order valence-electron chi connectivity index (χ2n) is 5.22. The summed E-state index contributed by atoms with van der Waals surface area (Å²) < 4.78 is 0. The molecule has 1 aromatic heterocycles. The van der Waals surface area contributed by atoms with Crippen LogP contribution in [-0.4, -0.2) is 15.8 Å². The van der Waals surface area contributed by atoms with Crippen LogP contribution in [0.1, 0.15) is 35.9 Å². The largest absolute Gasteiger partial charge is 0.342 e. The standard InChI is InChI=1S/C16H20N2O/c1-10-7-11(2)16(12(3)8-10)14-9-17-15(18-14)6-5-13(4)19/h7-9H,5-6H2,1-4H3,(H,17,18). The maximum Gasteiger partial charge on any atom is 0.130 e. The molecule has 0 atom stereocenters. The smallest absolute Gasteiger partial charge is 0.130 e. The lowest BCUT2D eigenvalue weighted by molar-refractivity contribution is -0.117. The molecule has 0 aliphatic rings. The Morgan fingerprint density at radius 1 is 1.21 bits per heavy atom. The number of carbonyl (C=O) groups excluding carboxylic acids is 1. The van der Waals surface area contributed by atoms with Crippen LogP contribution in [0.2, 0.25) is 0 Å². The van der Waals surface area contributed by atoms with Crippen molar-refractivity contribution in [3.05, 3.63) is 40.8 Å². The molecule has 0 amide bonds. The molecule has 1 heterocycles. The number of aromatic nitrogens is 2. The molecule has 1 aromatic carbocycles. The van der Waals surface area contributed by atoms with Crippen LogP contribution >= 0.6 is 0 Å². The van der Waals surface area contributed by atoms with Crippen molar-refractivity contribution in [3.8, 4) is 11.3 Å². The first kappa shape index (κ1) is 13.5. The Morgan fingerprint density at radius 3 is 2.42 bits per heavy atom. The fourth-order valence-corrected chi connectivity index (χ4v) is 2.52. The van der Waals surface area contributed by atoms with Gasteiger partial charge >= 0.3 is 0 Å². The second-order valence-corrected chi connectivity index (χ2v) is 5.22. The predicted molar refractivity (Wildman–Crippen MR) is 77.2 cm³/mol. The summed E-state index contributed by atoms with van der Waals surface area (Å²) in [5.74, 6) is 1.07. The summed E-state index contributed by atoms with van der Waals surface area (Å²) in [7, 11) is 0. The van der Waals surface area contributed by atoms with E-state index in [-0.39, 0.29) is 5.78 Å². The predicted octanol–water partition coefficient (Wildman–Crippen LogP) is 3.52. The number of nitrogens with one attached hydrogen (secondary N) is 1. The molecule has 19 heavy (non-hydrogen) atoms. The molecule has 0 aliphatic carbocycles. The first-order valence-corrected chi connectivity index (χ1v) is 6.59. The normalized spacial score (nSPS) is 10.7. The molecular weight excluding hydrogens is 236 g/mol. The van der Waals surface area contributed by atoms with Crippen LogP contribution in [0.15, 0.2) is 18.3 Å². The molecule has 0 spiro atoms. The van der Waals surface area contributed by atoms with Crippen LogP contribution in [0.5, 0.6) is 0 Å². The van der Waals surface area contributed by atoms with E-state index < -0.39 is 0 Å².